The maximum absolute atomic E-state index is 11.9. The summed E-state index contributed by atoms with van der Waals surface area (Å²) in [6.07, 6.45) is 2.77. The summed E-state index contributed by atoms with van der Waals surface area (Å²) in [6, 6.07) is 7.89. The van der Waals surface area contributed by atoms with Crippen LogP contribution in [0.15, 0.2) is 24.3 Å². The quantitative estimate of drug-likeness (QED) is 0.872. The van der Waals surface area contributed by atoms with Gasteiger partial charge in [-0.05, 0) is 43.2 Å². The summed E-state index contributed by atoms with van der Waals surface area (Å²) in [5, 5.41) is 13.1. The maximum Gasteiger partial charge on any atom is 0.329 e. The van der Waals surface area contributed by atoms with Crippen molar-refractivity contribution >= 4 is 11.7 Å². The number of hydrogen-bond donors (Lipinski definition) is 2. The minimum absolute atomic E-state index is 0.140. The van der Waals surface area contributed by atoms with Crippen LogP contribution in [0.2, 0.25) is 0 Å². The second-order valence-electron chi connectivity index (χ2n) is 6.00. The first-order chi connectivity index (χ1) is 8.95. The van der Waals surface area contributed by atoms with E-state index in [0.717, 1.165) is 24.1 Å². The molecule has 3 atom stereocenters. The molecule has 3 unspecified atom stereocenters. The lowest BCUT2D eigenvalue weighted by Gasteiger charge is -2.43. The van der Waals surface area contributed by atoms with Gasteiger partial charge in [0.15, 0.2) is 0 Å². The molecule has 0 aliphatic heterocycles. The van der Waals surface area contributed by atoms with Crippen LogP contribution in [0.3, 0.4) is 0 Å². The third kappa shape index (κ3) is 2.60. The highest BCUT2D eigenvalue weighted by atomic mass is 16.4. The van der Waals surface area contributed by atoms with Gasteiger partial charge in [0.1, 0.15) is 5.54 Å². The molecule has 1 fully saturated rings. The van der Waals surface area contributed by atoms with Gasteiger partial charge in [-0.25, -0.2) is 4.79 Å². The number of anilines is 1. The average Bonchev–Trinajstić information content (AvgIpc) is 2.36. The number of para-hydroxylation sites is 1. The van der Waals surface area contributed by atoms with Crippen LogP contribution in [0.4, 0.5) is 5.69 Å². The number of carbonyl (C=O) groups is 1. The van der Waals surface area contributed by atoms with Crippen molar-refractivity contribution in [3.05, 3.63) is 29.8 Å². The highest BCUT2D eigenvalue weighted by Gasteiger charge is 2.47. The second-order valence-corrected chi connectivity index (χ2v) is 6.00. The molecule has 0 amide bonds. The molecule has 2 N–H and O–H groups in total. The second kappa shape index (κ2) is 5.24. The van der Waals surface area contributed by atoms with Crippen molar-refractivity contribution in [1.82, 2.24) is 0 Å². The molecule has 3 heteroatoms. The SMILES string of the molecule is Cc1ccccc1NC1(C(=O)O)CC(C)CCC1C. The first-order valence-corrected chi connectivity index (χ1v) is 7.03. The lowest BCUT2D eigenvalue weighted by Crippen LogP contribution is -2.55. The van der Waals surface area contributed by atoms with E-state index in [1.54, 1.807) is 0 Å². The van der Waals surface area contributed by atoms with E-state index in [0.29, 0.717) is 12.3 Å². The molecule has 0 spiro atoms. The van der Waals surface area contributed by atoms with Gasteiger partial charge >= 0.3 is 5.97 Å². The zero-order valence-corrected chi connectivity index (χ0v) is 11.9. The lowest BCUT2D eigenvalue weighted by molar-refractivity contribution is -0.146. The first kappa shape index (κ1) is 13.9. The molecule has 1 aliphatic carbocycles. The van der Waals surface area contributed by atoms with E-state index in [-0.39, 0.29) is 5.92 Å². The number of hydrogen-bond acceptors (Lipinski definition) is 2. The number of benzene rings is 1. The number of carboxylic acids is 1. The molecule has 1 saturated carbocycles. The zero-order valence-electron chi connectivity index (χ0n) is 11.9. The van der Waals surface area contributed by atoms with Crippen LogP contribution in [0, 0.1) is 18.8 Å². The Hall–Kier alpha value is -1.51. The predicted octanol–water partition coefficient (Wildman–Crippen LogP) is 3.69. The Morgan fingerprint density at radius 2 is 2.00 bits per heavy atom. The molecule has 0 aromatic heterocycles. The molecule has 0 radical (unpaired) electrons. The topological polar surface area (TPSA) is 49.3 Å². The third-order valence-corrected chi connectivity index (χ3v) is 4.49. The van der Waals surface area contributed by atoms with Gasteiger partial charge in [0.25, 0.3) is 0 Å². The highest BCUT2D eigenvalue weighted by molar-refractivity contribution is 5.83. The summed E-state index contributed by atoms with van der Waals surface area (Å²) in [4.78, 5) is 11.9. The van der Waals surface area contributed by atoms with Crippen LogP contribution in [-0.4, -0.2) is 16.6 Å². The van der Waals surface area contributed by atoms with Gasteiger partial charge in [-0.2, -0.15) is 0 Å². The van der Waals surface area contributed by atoms with Crippen LogP contribution in [0.1, 0.15) is 38.7 Å². The molecule has 2 rings (SSSR count). The van der Waals surface area contributed by atoms with Gasteiger partial charge in [-0.1, -0.05) is 38.5 Å². The van der Waals surface area contributed by atoms with Crippen molar-refractivity contribution in [2.24, 2.45) is 11.8 Å². The van der Waals surface area contributed by atoms with Gasteiger partial charge in [-0.3, -0.25) is 0 Å². The van der Waals surface area contributed by atoms with Gasteiger partial charge in [0, 0.05) is 5.69 Å². The highest BCUT2D eigenvalue weighted by Crippen LogP contribution is 2.40. The fourth-order valence-electron chi connectivity index (χ4n) is 3.11. The Labute approximate surface area is 115 Å². The summed E-state index contributed by atoms with van der Waals surface area (Å²) in [5.41, 5.74) is 1.20. The molecule has 1 aromatic rings. The molecule has 3 nitrogen and oxygen atoms in total. The summed E-state index contributed by atoms with van der Waals surface area (Å²) < 4.78 is 0. The Morgan fingerprint density at radius 3 is 2.63 bits per heavy atom. The standard InChI is InChI=1S/C16H23NO2/c1-11-8-9-13(3)16(10-11,15(18)19)17-14-7-5-4-6-12(14)2/h4-7,11,13,17H,8-10H2,1-3H3,(H,18,19). The van der Waals surface area contributed by atoms with Gasteiger partial charge in [-0.15, -0.1) is 0 Å². The van der Waals surface area contributed by atoms with Crippen LogP contribution in [0.25, 0.3) is 0 Å². The summed E-state index contributed by atoms with van der Waals surface area (Å²) in [5.74, 6) is -0.139. The van der Waals surface area contributed by atoms with Crippen molar-refractivity contribution in [2.45, 2.75) is 45.6 Å². The molecule has 19 heavy (non-hydrogen) atoms. The molecule has 1 aliphatic rings. The number of aliphatic carboxylic acids is 1. The van der Waals surface area contributed by atoms with Crippen molar-refractivity contribution in [2.75, 3.05) is 5.32 Å². The zero-order chi connectivity index (χ0) is 14.0. The average molecular weight is 261 g/mol. The Morgan fingerprint density at radius 1 is 1.32 bits per heavy atom. The van der Waals surface area contributed by atoms with Gasteiger partial charge < -0.3 is 10.4 Å². The van der Waals surface area contributed by atoms with Crippen molar-refractivity contribution in [3.63, 3.8) is 0 Å². The number of rotatable bonds is 3. The summed E-state index contributed by atoms with van der Waals surface area (Å²) in [7, 11) is 0. The molecule has 0 bridgehead atoms. The smallest absolute Gasteiger partial charge is 0.329 e. The van der Waals surface area contributed by atoms with Crippen LogP contribution in [0.5, 0.6) is 0 Å². The Balaban J connectivity index is 2.35. The van der Waals surface area contributed by atoms with Crippen molar-refractivity contribution in [1.29, 1.82) is 0 Å². The summed E-state index contributed by atoms with van der Waals surface area (Å²) >= 11 is 0. The molecular formula is C16H23NO2. The monoisotopic (exact) mass is 261 g/mol. The van der Waals surface area contributed by atoms with Gasteiger partial charge in [0.2, 0.25) is 0 Å². The molecule has 104 valence electrons. The van der Waals surface area contributed by atoms with E-state index in [1.807, 2.05) is 38.1 Å². The fraction of sp³-hybridized carbons (Fsp3) is 0.562. The van der Waals surface area contributed by atoms with E-state index >= 15 is 0 Å². The molecular weight excluding hydrogens is 238 g/mol. The largest absolute Gasteiger partial charge is 0.479 e. The van der Waals surface area contributed by atoms with Crippen LogP contribution in [-0.2, 0) is 4.79 Å². The minimum atomic E-state index is -0.830. The van der Waals surface area contributed by atoms with E-state index in [4.69, 9.17) is 0 Å². The maximum atomic E-state index is 11.9. The van der Waals surface area contributed by atoms with Crippen LogP contribution < -0.4 is 5.32 Å². The predicted molar refractivity (Wildman–Crippen MR) is 77.3 cm³/mol. The Bertz CT molecular complexity index is 472. The van der Waals surface area contributed by atoms with E-state index < -0.39 is 11.5 Å². The lowest BCUT2D eigenvalue weighted by atomic mass is 9.69. The molecule has 0 heterocycles. The Kier molecular flexibility index (Phi) is 3.83. The van der Waals surface area contributed by atoms with Gasteiger partial charge in [0.05, 0.1) is 0 Å². The number of carboxylic acid groups (broad SMARTS) is 1. The van der Waals surface area contributed by atoms with E-state index in [1.165, 1.54) is 0 Å². The minimum Gasteiger partial charge on any atom is -0.479 e. The number of aryl methyl sites for hydroxylation is 1. The fourth-order valence-corrected chi connectivity index (χ4v) is 3.11. The summed E-state index contributed by atoms with van der Waals surface area (Å²) in [6.45, 7) is 6.20. The van der Waals surface area contributed by atoms with Crippen molar-refractivity contribution < 1.29 is 9.90 Å². The molecule has 0 saturated heterocycles. The van der Waals surface area contributed by atoms with Crippen LogP contribution >= 0.6 is 0 Å². The first-order valence-electron chi connectivity index (χ1n) is 7.03. The van der Waals surface area contributed by atoms with E-state index in [9.17, 15) is 9.90 Å². The normalized spacial score (nSPS) is 30.9. The molecule has 1 aromatic carbocycles. The third-order valence-electron chi connectivity index (χ3n) is 4.49. The number of nitrogens with one attached hydrogen (secondary N) is 1. The van der Waals surface area contributed by atoms with E-state index in [2.05, 4.69) is 12.2 Å². The van der Waals surface area contributed by atoms with Crippen molar-refractivity contribution in [3.8, 4) is 0 Å².